The van der Waals surface area contributed by atoms with Crippen molar-refractivity contribution in [3.05, 3.63) is 96.0 Å². The van der Waals surface area contributed by atoms with Crippen LogP contribution in [0.2, 0.25) is 0 Å². The second kappa shape index (κ2) is 10.3. The fourth-order valence-electron chi connectivity index (χ4n) is 4.50. The Kier molecular flexibility index (Phi) is 6.80. The van der Waals surface area contributed by atoms with Crippen molar-refractivity contribution in [3.8, 4) is 17.1 Å². The van der Waals surface area contributed by atoms with Gasteiger partial charge in [0, 0.05) is 24.4 Å². The highest BCUT2D eigenvalue weighted by atomic mass is 32.1. The molecule has 2 aromatic heterocycles. The topological polar surface area (TPSA) is 117 Å². The molecule has 0 radical (unpaired) electrons. The molecular weight excluding hydrogens is 504 g/mol. The number of ether oxygens (including phenoxy) is 1. The third-order valence-electron chi connectivity index (χ3n) is 6.20. The molecule has 9 nitrogen and oxygen atoms in total. The number of benzene rings is 2. The number of hydrogen-bond acceptors (Lipinski definition) is 6. The van der Waals surface area contributed by atoms with Gasteiger partial charge in [0.1, 0.15) is 23.3 Å². The quantitative estimate of drug-likeness (QED) is 0.279. The first-order valence-electron chi connectivity index (χ1n) is 11.8. The third kappa shape index (κ3) is 4.81. The lowest BCUT2D eigenvalue weighted by molar-refractivity contribution is -0.114. The standard InChI is InChI=1S/C28H24N4O5S/c1-16(33)30-21-15-19(10-11-23(21)36-2)32-26(25(31-28(32)38)20-5-3-4-14-29-20)24-13-12-22(37-24)17-6-8-18(9-7-17)27(34)35/h3-15,25-26H,1-2H3,(H,30,33)(H,31,38)(H,34,35)/t25-,26+/m1/s1. The van der Waals surface area contributed by atoms with Gasteiger partial charge in [-0.2, -0.15) is 0 Å². The molecule has 5 rings (SSSR count). The van der Waals surface area contributed by atoms with Gasteiger partial charge in [-0.25, -0.2) is 4.79 Å². The number of carbonyl (C=O) groups is 2. The van der Waals surface area contributed by atoms with Crippen molar-refractivity contribution in [3.63, 3.8) is 0 Å². The van der Waals surface area contributed by atoms with E-state index >= 15 is 0 Å². The normalized spacial score (nSPS) is 16.7. The summed E-state index contributed by atoms with van der Waals surface area (Å²) >= 11 is 5.78. The number of nitrogens with one attached hydrogen (secondary N) is 2. The number of methoxy groups -OCH3 is 1. The average Bonchev–Trinajstić information content (AvgIpc) is 3.53. The highest BCUT2D eigenvalue weighted by molar-refractivity contribution is 7.80. The summed E-state index contributed by atoms with van der Waals surface area (Å²) < 4.78 is 11.8. The van der Waals surface area contributed by atoms with Crippen molar-refractivity contribution in [2.45, 2.75) is 19.0 Å². The van der Waals surface area contributed by atoms with Crippen LogP contribution in [0.5, 0.6) is 5.75 Å². The van der Waals surface area contributed by atoms with E-state index in [-0.39, 0.29) is 17.5 Å². The molecule has 1 aliphatic rings. The van der Waals surface area contributed by atoms with Crippen LogP contribution in [0.1, 0.15) is 40.8 Å². The van der Waals surface area contributed by atoms with Crippen molar-refractivity contribution in [2.75, 3.05) is 17.3 Å². The summed E-state index contributed by atoms with van der Waals surface area (Å²) in [5.41, 5.74) is 2.95. The smallest absolute Gasteiger partial charge is 0.335 e. The Morgan fingerprint density at radius 1 is 1.11 bits per heavy atom. The Bertz CT molecular complexity index is 1500. The van der Waals surface area contributed by atoms with E-state index in [1.165, 1.54) is 26.2 Å². The number of carboxylic acid groups (broad SMARTS) is 1. The molecule has 38 heavy (non-hydrogen) atoms. The van der Waals surface area contributed by atoms with Gasteiger partial charge in [-0.1, -0.05) is 18.2 Å². The number of nitrogens with zero attached hydrogens (tertiary/aromatic N) is 2. The molecule has 2 atom stereocenters. The van der Waals surface area contributed by atoms with Gasteiger partial charge >= 0.3 is 5.97 Å². The molecule has 4 aromatic rings. The molecule has 2 aromatic carbocycles. The fourth-order valence-corrected chi connectivity index (χ4v) is 4.84. The van der Waals surface area contributed by atoms with Crippen LogP contribution in [0.15, 0.2) is 83.4 Å². The molecule has 1 aliphatic heterocycles. The average molecular weight is 529 g/mol. The van der Waals surface area contributed by atoms with Gasteiger partial charge in [-0.3, -0.25) is 9.78 Å². The summed E-state index contributed by atoms with van der Waals surface area (Å²) in [5, 5.41) is 15.9. The maximum absolute atomic E-state index is 11.8. The molecule has 1 fully saturated rings. The first kappa shape index (κ1) is 25.0. The maximum atomic E-state index is 11.8. The molecule has 1 amide bonds. The number of aromatic carboxylic acids is 1. The van der Waals surface area contributed by atoms with Gasteiger partial charge < -0.3 is 29.8 Å². The van der Waals surface area contributed by atoms with E-state index in [9.17, 15) is 14.7 Å². The first-order chi connectivity index (χ1) is 18.4. The number of carbonyl (C=O) groups excluding carboxylic acids is 1. The zero-order valence-electron chi connectivity index (χ0n) is 20.5. The molecule has 192 valence electrons. The number of furan rings is 1. The number of rotatable bonds is 7. The summed E-state index contributed by atoms with van der Waals surface area (Å²) in [6, 6.07) is 20.6. The lowest BCUT2D eigenvalue weighted by atomic mass is 10.0. The summed E-state index contributed by atoms with van der Waals surface area (Å²) in [6.07, 6.45) is 1.72. The van der Waals surface area contributed by atoms with E-state index in [4.69, 9.17) is 21.4 Å². The van der Waals surface area contributed by atoms with Crippen LogP contribution in [0, 0.1) is 0 Å². The molecular formula is C28H24N4O5S. The Labute approximate surface area is 224 Å². The number of pyridine rings is 1. The first-order valence-corrected chi connectivity index (χ1v) is 12.2. The zero-order valence-corrected chi connectivity index (χ0v) is 21.4. The molecule has 10 heteroatoms. The van der Waals surface area contributed by atoms with Crippen LogP contribution < -0.4 is 20.3 Å². The molecule has 0 saturated carbocycles. The van der Waals surface area contributed by atoms with E-state index in [1.54, 1.807) is 30.5 Å². The highest BCUT2D eigenvalue weighted by Crippen LogP contribution is 2.44. The maximum Gasteiger partial charge on any atom is 0.335 e. The van der Waals surface area contributed by atoms with Crippen molar-refractivity contribution < 1.29 is 23.8 Å². The van der Waals surface area contributed by atoms with Crippen molar-refractivity contribution in [2.24, 2.45) is 0 Å². The number of hydrogen-bond donors (Lipinski definition) is 3. The number of thiocarbonyl (C=S) groups is 1. The summed E-state index contributed by atoms with van der Waals surface area (Å²) in [5.74, 6) is 0.513. The van der Waals surface area contributed by atoms with Crippen LogP contribution in [0.3, 0.4) is 0 Å². The number of anilines is 2. The Morgan fingerprint density at radius 3 is 2.55 bits per heavy atom. The lowest BCUT2D eigenvalue weighted by Crippen LogP contribution is -2.29. The number of amides is 1. The Balaban J connectivity index is 1.58. The minimum Gasteiger partial charge on any atom is -0.495 e. The number of aromatic nitrogens is 1. The summed E-state index contributed by atoms with van der Waals surface area (Å²) in [6.45, 7) is 1.43. The van der Waals surface area contributed by atoms with Gasteiger partial charge in [0.25, 0.3) is 0 Å². The van der Waals surface area contributed by atoms with Crippen LogP contribution in [0.25, 0.3) is 11.3 Å². The van der Waals surface area contributed by atoms with Gasteiger partial charge in [0.2, 0.25) is 5.91 Å². The second-order valence-electron chi connectivity index (χ2n) is 8.65. The van der Waals surface area contributed by atoms with Crippen molar-refractivity contribution >= 4 is 40.6 Å². The van der Waals surface area contributed by atoms with Gasteiger partial charge in [-0.05, 0) is 66.8 Å². The van der Waals surface area contributed by atoms with Gasteiger partial charge in [0.15, 0.2) is 5.11 Å². The molecule has 0 aliphatic carbocycles. The molecule has 1 saturated heterocycles. The predicted molar refractivity (Wildman–Crippen MR) is 146 cm³/mol. The van der Waals surface area contributed by atoms with E-state index in [0.29, 0.717) is 28.1 Å². The summed E-state index contributed by atoms with van der Waals surface area (Å²) in [4.78, 5) is 29.5. The molecule has 0 spiro atoms. The fraction of sp³-hybridized carbons (Fsp3) is 0.143. The largest absolute Gasteiger partial charge is 0.495 e. The third-order valence-corrected chi connectivity index (χ3v) is 6.52. The Hall–Kier alpha value is -4.70. The van der Waals surface area contributed by atoms with E-state index in [1.807, 2.05) is 41.3 Å². The zero-order chi connectivity index (χ0) is 26.8. The van der Waals surface area contributed by atoms with E-state index < -0.39 is 12.0 Å². The minimum absolute atomic E-state index is 0.196. The van der Waals surface area contributed by atoms with Gasteiger partial charge in [0.05, 0.1) is 30.1 Å². The van der Waals surface area contributed by atoms with Crippen LogP contribution in [0.4, 0.5) is 11.4 Å². The summed E-state index contributed by atoms with van der Waals surface area (Å²) in [7, 11) is 1.54. The highest BCUT2D eigenvalue weighted by Gasteiger charge is 2.42. The van der Waals surface area contributed by atoms with Crippen molar-refractivity contribution in [1.82, 2.24) is 10.3 Å². The van der Waals surface area contributed by atoms with Crippen molar-refractivity contribution in [1.29, 1.82) is 0 Å². The van der Waals surface area contributed by atoms with E-state index in [2.05, 4.69) is 15.6 Å². The SMILES string of the molecule is COc1ccc(N2C(=S)N[C@H](c3ccccn3)[C@@H]2c2ccc(-c3ccc(C(=O)O)cc3)o2)cc1NC(C)=O. The van der Waals surface area contributed by atoms with Crippen LogP contribution in [-0.2, 0) is 4.79 Å². The molecule has 0 bridgehead atoms. The lowest BCUT2D eigenvalue weighted by Gasteiger charge is -2.27. The molecule has 3 heterocycles. The van der Waals surface area contributed by atoms with Gasteiger partial charge in [-0.15, -0.1) is 0 Å². The minimum atomic E-state index is -0.991. The second-order valence-corrected chi connectivity index (χ2v) is 9.03. The van der Waals surface area contributed by atoms with Crippen LogP contribution in [-0.4, -0.2) is 34.2 Å². The predicted octanol–water partition coefficient (Wildman–Crippen LogP) is 5.18. The molecule has 3 N–H and O–H groups in total. The van der Waals surface area contributed by atoms with Crippen LogP contribution >= 0.6 is 12.2 Å². The number of carboxylic acids is 1. The Morgan fingerprint density at radius 2 is 1.89 bits per heavy atom. The monoisotopic (exact) mass is 528 g/mol. The molecule has 0 unspecified atom stereocenters. The van der Waals surface area contributed by atoms with E-state index in [0.717, 1.165) is 16.9 Å².